The van der Waals surface area contributed by atoms with E-state index in [-0.39, 0.29) is 17.8 Å². The van der Waals surface area contributed by atoms with Crippen LogP contribution >= 0.6 is 23.2 Å². The van der Waals surface area contributed by atoms with E-state index in [0.717, 1.165) is 24.0 Å². The number of amides is 1. The van der Waals surface area contributed by atoms with E-state index < -0.39 is 6.04 Å². The summed E-state index contributed by atoms with van der Waals surface area (Å²) in [6.07, 6.45) is 2.02. The summed E-state index contributed by atoms with van der Waals surface area (Å²) >= 11 is 12.0. The molecule has 1 N–H and O–H groups in total. The molecule has 2 aromatic rings. The highest BCUT2D eigenvalue weighted by molar-refractivity contribution is 6.42. The maximum Gasteiger partial charge on any atom is 0.242 e. The zero-order valence-corrected chi connectivity index (χ0v) is 15.3. The molecule has 3 rings (SSSR count). The van der Waals surface area contributed by atoms with Gasteiger partial charge in [0, 0.05) is 12.6 Å². The van der Waals surface area contributed by atoms with Gasteiger partial charge in [-0.2, -0.15) is 0 Å². The molecular weight excluding hydrogens is 362 g/mol. The smallest absolute Gasteiger partial charge is 0.242 e. The monoisotopic (exact) mass is 380 g/mol. The van der Waals surface area contributed by atoms with E-state index >= 15 is 0 Å². The normalized spacial score (nSPS) is 15.2. The van der Waals surface area contributed by atoms with Gasteiger partial charge in [0.2, 0.25) is 5.91 Å². The first-order valence-electron chi connectivity index (χ1n) is 8.14. The van der Waals surface area contributed by atoms with Gasteiger partial charge in [0.1, 0.15) is 11.9 Å². The fourth-order valence-electron chi connectivity index (χ4n) is 2.78. The lowest BCUT2D eigenvalue weighted by Gasteiger charge is -2.28. The second kappa shape index (κ2) is 7.73. The lowest BCUT2D eigenvalue weighted by Crippen LogP contribution is -2.39. The Morgan fingerprint density at radius 3 is 2.48 bits per heavy atom. The summed E-state index contributed by atoms with van der Waals surface area (Å²) in [5.74, 6) is -0.395. The summed E-state index contributed by atoms with van der Waals surface area (Å²) in [5, 5.41) is 4.01. The number of nitrogens with one attached hydrogen (secondary N) is 1. The van der Waals surface area contributed by atoms with Crippen molar-refractivity contribution in [3.05, 3.63) is 69.5 Å². The van der Waals surface area contributed by atoms with Crippen LogP contribution in [-0.4, -0.2) is 23.9 Å². The Bertz CT molecular complexity index is 763. The van der Waals surface area contributed by atoms with E-state index in [1.54, 1.807) is 24.3 Å². The predicted molar refractivity (Wildman–Crippen MR) is 98.2 cm³/mol. The maximum atomic E-state index is 13.3. The molecule has 0 aliphatic heterocycles. The van der Waals surface area contributed by atoms with Crippen molar-refractivity contribution in [1.29, 1.82) is 0 Å². The first-order valence-corrected chi connectivity index (χ1v) is 8.89. The summed E-state index contributed by atoms with van der Waals surface area (Å²) in [6, 6.07) is 11.2. The predicted octanol–water partition coefficient (Wildman–Crippen LogP) is 4.58. The average molecular weight is 381 g/mol. The van der Waals surface area contributed by atoms with Crippen molar-refractivity contribution in [2.24, 2.45) is 0 Å². The number of rotatable bonds is 6. The number of carbonyl (C=O) groups is 1. The van der Waals surface area contributed by atoms with E-state index in [2.05, 4.69) is 5.32 Å². The summed E-state index contributed by atoms with van der Waals surface area (Å²) in [4.78, 5) is 14.7. The second-order valence-electron chi connectivity index (χ2n) is 6.40. The molecule has 0 radical (unpaired) electrons. The Kier molecular flexibility index (Phi) is 5.62. The summed E-state index contributed by atoms with van der Waals surface area (Å²) in [6.45, 7) is 0.511. The van der Waals surface area contributed by atoms with E-state index in [1.165, 1.54) is 12.1 Å². The summed E-state index contributed by atoms with van der Waals surface area (Å²) < 4.78 is 13.3. The van der Waals surface area contributed by atoms with Crippen molar-refractivity contribution in [3.63, 3.8) is 0 Å². The summed E-state index contributed by atoms with van der Waals surface area (Å²) in [7, 11) is 1.86. The third kappa shape index (κ3) is 4.72. The number of halogens is 3. The first kappa shape index (κ1) is 18.2. The Morgan fingerprint density at radius 2 is 1.88 bits per heavy atom. The van der Waals surface area contributed by atoms with Gasteiger partial charge in [0.25, 0.3) is 0 Å². The Hall–Kier alpha value is -1.62. The number of hydrogen-bond donors (Lipinski definition) is 1. The molecule has 25 heavy (non-hydrogen) atoms. The highest BCUT2D eigenvalue weighted by Gasteiger charge is 2.30. The second-order valence-corrected chi connectivity index (χ2v) is 7.21. The molecule has 1 aliphatic carbocycles. The van der Waals surface area contributed by atoms with Gasteiger partial charge in [0.05, 0.1) is 10.0 Å². The van der Waals surface area contributed by atoms with Crippen LogP contribution in [0.4, 0.5) is 4.39 Å². The number of hydrogen-bond acceptors (Lipinski definition) is 2. The molecule has 3 nitrogen and oxygen atoms in total. The van der Waals surface area contributed by atoms with Crippen LogP contribution in [-0.2, 0) is 11.3 Å². The molecule has 1 amide bonds. The topological polar surface area (TPSA) is 32.3 Å². The zero-order valence-electron chi connectivity index (χ0n) is 13.8. The van der Waals surface area contributed by atoms with Crippen LogP contribution in [0.3, 0.4) is 0 Å². The van der Waals surface area contributed by atoms with Gasteiger partial charge in [-0.3, -0.25) is 9.69 Å². The van der Waals surface area contributed by atoms with E-state index in [4.69, 9.17) is 23.2 Å². The molecule has 0 unspecified atom stereocenters. The fourth-order valence-corrected chi connectivity index (χ4v) is 3.10. The van der Waals surface area contributed by atoms with Crippen LogP contribution in [0.5, 0.6) is 0 Å². The van der Waals surface area contributed by atoms with Gasteiger partial charge in [-0.05, 0) is 55.3 Å². The highest BCUT2D eigenvalue weighted by atomic mass is 35.5. The minimum absolute atomic E-state index is 0.0725. The van der Waals surface area contributed by atoms with Crippen molar-refractivity contribution < 1.29 is 9.18 Å². The van der Waals surface area contributed by atoms with Gasteiger partial charge in [-0.15, -0.1) is 0 Å². The molecule has 132 valence electrons. The van der Waals surface area contributed by atoms with Crippen molar-refractivity contribution in [2.45, 2.75) is 31.5 Å². The number of benzene rings is 2. The van der Waals surface area contributed by atoms with Crippen molar-refractivity contribution in [1.82, 2.24) is 10.2 Å². The molecule has 0 spiro atoms. The molecule has 0 bridgehead atoms. The van der Waals surface area contributed by atoms with Crippen molar-refractivity contribution in [2.75, 3.05) is 7.05 Å². The maximum absolute atomic E-state index is 13.3. The zero-order chi connectivity index (χ0) is 18.0. The van der Waals surface area contributed by atoms with Gasteiger partial charge in [-0.25, -0.2) is 4.39 Å². The van der Waals surface area contributed by atoms with Crippen molar-refractivity contribution in [3.8, 4) is 0 Å². The number of nitrogens with zero attached hydrogens (tertiary/aromatic N) is 1. The molecule has 0 aromatic heterocycles. The van der Waals surface area contributed by atoms with Gasteiger partial charge >= 0.3 is 0 Å². The molecule has 0 heterocycles. The Labute approximate surface area is 156 Å². The van der Waals surface area contributed by atoms with Gasteiger partial charge < -0.3 is 5.32 Å². The Morgan fingerprint density at radius 1 is 1.20 bits per heavy atom. The first-order chi connectivity index (χ1) is 11.9. The van der Waals surface area contributed by atoms with E-state index in [9.17, 15) is 9.18 Å². The fraction of sp³-hybridized carbons (Fsp3) is 0.316. The third-order valence-corrected chi connectivity index (χ3v) is 4.95. The van der Waals surface area contributed by atoms with E-state index in [1.807, 2.05) is 18.0 Å². The van der Waals surface area contributed by atoms with Crippen LogP contribution in [0.15, 0.2) is 42.5 Å². The molecule has 1 aliphatic rings. The third-order valence-electron chi connectivity index (χ3n) is 4.21. The molecule has 6 heteroatoms. The SMILES string of the molecule is CN(Cc1ccc(Cl)c(Cl)c1)[C@H](C(=O)NC1CC1)c1ccc(F)cc1. The Balaban J connectivity index is 1.82. The molecule has 1 fully saturated rings. The molecule has 0 saturated heterocycles. The molecule has 1 saturated carbocycles. The van der Waals surface area contributed by atoms with Crippen LogP contribution in [0.1, 0.15) is 30.0 Å². The van der Waals surface area contributed by atoms with Crippen LogP contribution in [0, 0.1) is 5.82 Å². The average Bonchev–Trinajstić information content (AvgIpc) is 3.37. The highest BCUT2D eigenvalue weighted by Crippen LogP contribution is 2.27. The summed E-state index contributed by atoms with van der Waals surface area (Å²) in [5.41, 5.74) is 1.70. The standard InChI is InChI=1S/C19H19Cl2FN2O/c1-24(11-12-2-9-16(20)17(21)10-12)18(19(25)23-15-7-8-15)13-3-5-14(22)6-4-13/h2-6,9-10,15,18H,7-8,11H2,1H3,(H,23,25)/t18-/m0/s1. The molecular formula is C19H19Cl2FN2O. The van der Waals surface area contributed by atoms with Crippen LogP contribution < -0.4 is 5.32 Å². The van der Waals surface area contributed by atoms with Crippen molar-refractivity contribution >= 4 is 29.1 Å². The van der Waals surface area contributed by atoms with Gasteiger partial charge in [-0.1, -0.05) is 41.4 Å². The van der Waals surface area contributed by atoms with E-state index in [0.29, 0.717) is 16.6 Å². The minimum Gasteiger partial charge on any atom is -0.352 e. The lowest BCUT2D eigenvalue weighted by molar-refractivity contribution is -0.126. The molecule has 2 aromatic carbocycles. The largest absolute Gasteiger partial charge is 0.352 e. The van der Waals surface area contributed by atoms with Gasteiger partial charge in [0.15, 0.2) is 0 Å². The minimum atomic E-state index is -0.504. The molecule has 1 atom stereocenters. The number of likely N-dealkylation sites (N-methyl/N-ethyl adjacent to an activating group) is 1. The van der Waals surface area contributed by atoms with Crippen LogP contribution in [0.2, 0.25) is 10.0 Å². The number of carbonyl (C=O) groups excluding carboxylic acids is 1. The lowest BCUT2D eigenvalue weighted by atomic mass is 10.0. The quantitative estimate of drug-likeness (QED) is 0.794. The van der Waals surface area contributed by atoms with Crippen LogP contribution in [0.25, 0.3) is 0 Å².